The Morgan fingerprint density at radius 3 is 2.22 bits per heavy atom. The van der Waals surface area contributed by atoms with Crippen LogP contribution in [-0.2, 0) is 28.7 Å². The maximum absolute atomic E-state index is 14.0. The van der Waals surface area contributed by atoms with Gasteiger partial charge in [-0.2, -0.15) is 0 Å². The number of amides is 3. The third-order valence-electron chi connectivity index (χ3n) is 10.4. The minimum Gasteiger partial charge on any atom is -0.497 e. The first-order valence-corrected chi connectivity index (χ1v) is 18.9. The zero-order valence-electron chi connectivity index (χ0n) is 31.5. The standard InChI is InChI=1S/C41H52N4O9/c1-5-32(41(50)51)44-38(47)30-18-28(54-35-21-33(26-14-10-7-11-15-26)43-34-20-27(52-4)16-17-29(34)35)19-31(30)39(48)45-37(24(2)3)40(49)42-22-36(46)53-23-25-12-8-6-9-13-25/h7,10-11,14-17,20-21,24-25,28,30-32,37H,5-6,8-9,12-13,18-19,22-23H2,1-4H3,(H,42,49)(H,44,47)(H,45,48)(H,50,51)/t28-,30?,31+,32+,37+/m1/s1. The molecule has 0 saturated heterocycles. The van der Waals surface area contributed by atoms with E-state index in [0.29, 0.717) is 40.6 Å². The van der Waals surface area contributed by atoms with Gasteiger partial charge in [0.2, 0.25) is 17.7 Å². The second-order valence-corrected chi connectivity index (χ2v) is 14.6. The van der Waals surface area contributed by atoms with Gasteiger partial charge >= 0.3 is 11.9 Å². The SMILES string of the molecule is CC[C@H](NC(=O)C1C[C@@H](Oc2cc(-c3ccccc3)nc3cc(OC)ccc23)C[C@@H]1C(=O)N[C@H](C(=O)NCC(=O)OCC1CCCCC1)C(C)C)C(=O)O. The summed E-state index contributed by atoms with van der Waals surface area (Å²) in [4.78, 5) is 70.2. The van der Waals surface area contributed by atoms with E-state index in [4.69, 9.17) is 19.2 Å². The molecular weight excluding hydrogens is 692 g/mol. The third-order valence-corrected chi connectivity index (χ3v) is 10.4. The Balaban J connectivity index is 1.34. The van der Waals surface area contributed by atoms with E-state index in [1.165, 1.54) is 6.42 Å². The molecule has 0 radical (unpaired) electrons. The lowest BCUT2D eigenvalue weighted by atomic mass is 9.90. The average Bonchev–Trinajstić information content (AvgIpc) is 3.61. The highest BCUT2D eigenvalue weighted by molar-refractivity contribution is 5.94. The maximum Gasteiger partial charge on any atom is 0.326 e. The van der Waals surface area contributed by atoms with E-state index in [-0.39, 0.29) is 31.7 Å². The second kappa shape index (κ2) is 18.7. The summed E-state index contributed by atoms with van der Waals surface area (Å²) in [5.74, 6) is -4.22. The molecule has 2 aliphatic rings. The van der Waals surface area contributed by atoms with Gasteiger partial charge in [-0.1, -0.05) is 70.4 Å². The van der Waals surface area contributed by atoms with Crippen molar-refractivity contribution < 1.29 is 43.3 Å². The molecular formula is C41H52N4O9. The first-order valence-electron chi connectivity index (χ1n) is 18.9. The number of nitrogens with one attached hydrogen (secondary N) is 3. The molecule has 3 aromatic rings. The van der Waals surface area contributed by atoms with Gasteiger partial charge < -0.3 is 35.3 Å². The van der Waals surface area contributed by atoms with Crippen LogP contribution >= 0.6 is 0 Å². The number of carbonyl (C=O) groups excluding carboxylic acids is 4. The van der Waals surface area contributed by atoms with Gasteiger partial charge in [-0.15, -0.1) is 0 Å². The number of fused-ring (bicyclic) bond motifs is 1. The molecule has 2 fully saturated rings. The molecule has 2 aromatic carbocycles. The summed E-state index contributed by atoms with van der Waals surface area (Å²) in [6, 6.07) is 14.7. The van der Waals surface area contributed by atoms with Gasteiger partial charge in [0.1, 0.15) is 36.2 Å². The molecule has 0 spiro atoms. The average molecular weight is 745 g/mol. The molecule has 2 aliphatic carbocycles. The molecule has 1 unspecified atom stereocenters. The van der Waals surface area contributed by atoms with Gasteiger partial charge in [-0.3, -0.25) is 19.2 Å². The van der Waals surface area contributed by atoms with Crippen LogP contribution in [0.5, 0.6) is 11.5 Å². The minimum absolute atomic E-state index is 0.117. The van der Waals surface area contributed by atoms with Crippen LogP contribution < -0.4 is 25.4 Å². The van der Waals surface area contributed by atoms with Gasteiger partial charge in [0.05, 0.1) is 36.8 Å². The number of rotatable bonds is 16. The second-order valence-electron chi connectivity index (χ2n) is 14.6. The molecule has 2 saturated carbocycles. The summed E-state index contributed by atoms with van der Waals surface area (Å²) in [6.07, 6.45) is 5.24. The molecule has 0 bridgehead atoms. The quantitative estimate of drug-likeness (QED) is 0.145. The fraction of sp³-hybridized carbons (Fsp3) is 0.512. The molecule has 54 heavy (non-hydrogen) atoms. The third kappa shape index (κ3) is 10.3. The lowest BCUT2D eigenvalue weighted by Crippen LogP contribution is -2.53. The van der Waals surface area contributed by atoms with Crippen molar-refractivity contribution in [2.24, 2.45) is 23.7 Å². The number of aliphatic carboxylic acids is 1. The van der Waals surface area contributed by atoms with Crippen LogP contribution in [-0.4, -0.2) is 78.2 Å². The van der Waals surface area contributed by atoms with Crippen LogP contribution in [0.2, 0.25) is 0 Å². The lowest BCUT2D eigenvalue weighted by molar-refractivity contribution is -0.146. The van der Waals surface area contributed by atoms with E-state index in [1.807, 2.05) is 42.5 Å². The van der Waals surface area contributed by atoms with Crippen molar-refractivity contribution >= 4 is 40.6 Å². The summed E-state index contributed by atoms with van der Waals surface area (Å²) in [7, 11) is 1.57. The number of pyridine rings is 1. The minimum atomic E-state index is -1.18. The van der Waals surface area contributed by atoms with Crippen LogP contribution in [0, 0.1) is 23.7 Å². The van der Waals surface area contributed by atoms with E-state index in [0.717, 1.165) is 31.2 Å². The molecule has 1 heterocycles. The number of benzene rings is 2. The molecule has 0 aliphatic heterocycles. The number of carboxylic acids is 1. The van der Waals surface area contributed by atoms with Crippen molar-refractivity contribution in [1.29, 1.82) is 0 Å². The van der Waals surface area contributed by atoms with Gasteiger partial charge in [-0.25, -0.2) is 9.78 Å². The number of methoxy groups -OCH3 is 1. The van der Waals surface area contributed by atoms with E-state index < -0.39 is 59.7 Å². The lowest BCUT2D eigenvalue weighted by Gasteiger charge is -2.26. The molecule has 3 amide bonds. The molecule has 13 heteroatoms. The fourth-order valence-electron chi connectivity index (χ4n) is 7.30. The predicted octanol–water partition coefficient (Wildman–Crippen LogP) is 5.04. The normalized spacial score (nSPS) is 19.8. The number of hydrogen-bond acceptors (Lipinski definition) is 9. The topological polar surface area (TPSA) is 182 Å². The van der Waals surface area contributed by atoms with Crippen LogP contribution in [0.1, 0.15) is 72.1 Å². The van der Waals surface area contributed by atoms with Crippen molar-refractivity contribution in [3.05, 3.63) is 54.6 Å². The van der Waals surface area contributed by atoms with E-state index in [9.17, 15) is 29.1 Å². The highest BCUT2D eigenvalue weighted by Crippen LogP contribution is 2.39. The number of nitrogens with zero attached hydrogens (tertiary/aromatic N) is 1. The Labute approximate surface area is 315 Å². The Morgan fingerprint density at radius 2 is 1.59 bits per heavy atom. The molecule has 1 aromatic heterocycles. The summed E-state index contributed by atoms with van der Waals surface area (Å²) >= 11 is 0. The molecule has 290 valence electrons. The Morgan fingerprint density at radius 1 is 0.907 bits per heavy atom. The van der Waals surface area contributed by atoms with Crippen LogP contribution in [0.15, 0.2) is 54.6 Å². The molecule has 5 rings (SSSR count). The number of hydrogen-bond donors (Lipinski definition) is 4. The number of aromatic nitrogens is 1. The highest BCUT2D eigenvalue weighted by Gasteiger charge is 2.45. The number of ether oxygens (including phenoxy) is 3. The van der Waals surface area contributed by atoms with Gasteiger partial charge in [-0.05, 0) is 56.1 Å². The van der Waals surface area contributed by atoms with Gasteiger partial charge in [0, 0.05) is 23.1 Å². The monoisotopic (exact) mass is 744 g/mol. The first kappa shape index (κ1) is 40.0. The van der Waals surface area contributed by atoms with Crippen molar-refractivity contribution in [2.45, 2.75) is 90.3 Å². The summed E-state index contributed by atoms with van der Waals surface area (Å²) in [5, 5.41) is 18.4. The Bertz CT molecular complexity index is 1790. The smallest absolute Gasteiger partial charge is 0.326 e. The number of carboxylic acid groups (broad SMARTS) is 1. The van der Waals surface area contributed by atoms with Gasteiger partial charge in [0.25, 0.3) is 0 Å². The Hall–Kier alpha value is -5.20. The summed E-state index contributed by atoms with van der Waals surface area (Å²) < 4.78 is 17.5. The number of carbonyl (C=O) groups is 5. The van der Waals surface area contributed by atoms with Crippen LogP contribution in [0.25, 0.3) is 22.2 Å². The zero-order chi connectivity index (χ0) is 38.8. The molecule has 4 N–H and O–H groups in total. The zero-order valence-corrected chi connectivity index (χ0v) is 31.5. The maximum atomic E-state index is 14.0. The van der Waals surface area contributed by atoms with Crippen LogP contribution in [0.4, 0.5) is 0 Å². The predicted molar refractivity (Wildman–Crippen MR) is 202 cm³/mol. The van der Waals surface area contributed by atoms with Crippen molar-refractivity contribution in [1.82, 2.24) is 20.9 Å². The largest absolute Gasteiger partial charge is 0.497 e. The van der Waals surface area contributed by atoms with Crippen molar-refractivity contribution in [3.8, 4) is 22.8 Å². The van der Waals surface area contributed by atoms with E-state index in [1.54, 1.807) is 40.0 Å². The Kier molecular flexibility index (Phi) is 13.9. The van der Waals surface area contributed by atoms with E-state index >= 15 is 0 Å². The summed E-state index contributed by atoms with van der Waals surface area (Å²) in [6.45, 7) is 5.17. The summed E-state index contributed by atoms with van der Waals surface area (Å²) in [5.41, 5.74) is 2.15. The van der Waals surface area contributed by atoms with E-state index in [2.05, 4.69) is 16.0 Å². The molecule has 13 nitrogen and oxygen atoms in total. The van der Waals surface area contributed by atoms with Crippen molar-refractivity contribution in [3.63, 3.8) is 0 Å². The van der Waals surface area contributed by atoms with Crippen LogP contribution in [0.3, 0.4) is 0 Å². The van der Waals surface area contributed by atoms with Crippen molar-refractivity contribution in [2.75, 3.05) is 20.3 Å². The highest BCUT2D eigenvalue weighted by atomic mass is 16.5. The fourth-order valence-corrected chi connectivity index (χ4v) is 7.30. The van der Waals surface area contributed by atoms with Gasteiger partial charge in [0.15, 0.2) is 0 Å². The number of esters is 1. The first-order chi connectivity index (χ1) is 26.0. The molecule has 5 atom stereocenters.